The second-order valence-corrected chi connectivity index (χ2v) is 6.74. The van der Waals surface area contributed by atoms with Crippen molar-refractivity contribution in [1.29, 1.82) is 0 Å². The van der Waals surface area contributed by atoms with E-state index >= 15 is 0 Å². The van der Waals surface area contributed by atoms with E-state index in [0.717, 1.165) is 30.5 Å². The highest BCUT2D eigenvalue weighted by Gasteiger charge is 2.38. The van der Waals surface area contributed by atoms with Crippen LogP contribution in [0.15, 0.2) is 24.3 Å². The number of carbonyl (C=O) groups is 2. The van der Waals surface area contributed by atoms with Crippen LogP contribution >= 0.6 is 0 Å². The number of likely N-dealkylation sites (tertiary alicyclic amines) is 1. The lowest BCUT2D eigenvalue weighted by Gasteiger charge is -2.31. The Labute approximate surface area is 138 Å². The van der Waals surface area contributed by atoms with Crippen LogP contribution in [0.3, 0.4) is 0 Å². The number of anilines is 1. The molecule has 1 aliphatic heterocycles. The van der Waals surface area contributed by atoms with Gasteiger partial charge in [0.05, 0.1) is 5.92 Å². The van der Waals surface area contributed by atoms with Gasteiger partial charge in [0.1, 0.15) is 0 Å². The number of rotatable bonds is 4. The van der Waals surface area contributed by atoms with Gasteiger partial charge in [-0.3, -0.25) is 9.59 Å². The predicted octanol–water partition coefficient (Wildman–Crippen LogP) is 3.37. The topological polar surface area (TPSA) is 49.4 Å². The predicted molar refractivity (Wildman–Crippen MR) is 91.1 cm³/mol. The van der Waals surface area contributed by atoms with Crippen LogP contribution in [0.25, 0.3) is 0 Å². The Morgan fingerprint density at radius 1 is 1.22 bits per heavy atom. The van der Waals surface area contributed by atoms with Gasteiger partial charge in [0.2, 0.25) is 11.8 Å². The van der Waals surface area contributed by atoms with Gasteiger partial charge in [0.15, 0.2) is 0 Å². The van der Waals surface area contributed by atoms with E-state index in [2.05, 4.69) is 12.2 Å². The lowest BCUT2D eigenvalue weighted by Crippen LogP contribution is -2.38. The quantitative estimate of drug-likeness (QED) is 0.926. The Hall–Kier alpha value is -1.84. The fourth-order valence-corrected chi connectivity index (χ4v) is 3.84. The summed E-state index contributed by atoms with van der Waals surface area (Å²) in [5, 5.41) is 3.03. The minimum atomic E-state index is -0.214. The largest absolute Gasteiger partial charge is 0.339 e. The first-order chi connectivity index (χ1) is 11.2. The van der Waals surface area contributed by atoms with E-state index in [9.17, 15) is 9.59 Å². The number of carbonyl (C=O) groups excluding carboxylic acids is 2. The summed E-state index contributed by atoms with van der Waals surface area (Å²) in [5.74, 6) is -0.0762. The molecule has 0 aromatic heterocycles. The molecule has 2 amide bonds. The number of para-hydroxylation sites is 1. The number of hydrogen-bond acceptors (Lipinski definition) is 2. The SMILES string of the molecule is CCc1ccccc1NC(=O)[C@H]1CC(=O)N(C2CCCCC2)C1. The van der Waals surface area contributed by atoms with Crippen molar-refractivity contribution in [2.75, 3.05) is 11.9 Å². The molecular formula is C19H26N2O2. The molecule has 2 fully saturated rings. The van der Waals surface area contributed by atoms with Gasteiger partial charge in [0, 0.05) is 24.7 Å². The van der Waals surface area contributed by atoms with Crippen molar-refractivity contribution < 1.29 is 9.59 Å². The lowest BCUT2D eigenvalue weighted by molar-refractivity contribution is -0.130. The zero-order valence-electron chi connectivity index (χ0n) is 13.9. The van der Waals surface area contributed by atoms with E-state index in [1.807, 2.05) is 29.2 Å². The maximum Gasteiger partial charge on any atom is 0.229 e. The third kappa shape index (κ3) is 3.57. The van der Waals surface area contributed by atoms with Crippen LogP contribution in [0.2, 0.25) is 0 Å². The monoisotopic (exact) mass is 314 g/mol. The molecule has 1 aliphatic carbocycles. The molecule has 4 nitrogen and oxygen atoms in total. The Kier molecular flexibility index (Phi) is 4.99. The third-order valence-corrected chi connectivity index (χ3v) is 5.20. The Morgan fingerprint density at radius 3 is 2.70 bits per heavy atom. The van der Waals surface area contributed by atoms with Gasteiger partial charge < -0.3 is 10.2 Å². The van der Waals surface area contributed by atoms with Crippen LogP contribution < -0.4 is 5.32 Å². The van der Waals surface area contributed by atoms with Gasteiger partial charge in [-0.25, -0.2) is 0 Å². The van der Waals surface area contributed by atoms with Crippen LogP contribution in [-0.4, -0.2) is 29.3 Å². The molecule has 1 saturated carbocycles. The molecule has 1 aromatic rings. The Balaban J connectivity index is 1.63. The zero-order chi connectivity index (χ0) is 16.2. The van der Waals surface area contributed by atoms with Crippen LogP contribution in [0, 0.1) is 5.92 Å². The molecule has 1 N–H and O–H groups in total. The molecule has 23 heavy (non-hydrogen) atoms. The molecule has 1 aromatic carbocycles. The average molecular weight is 314 g/mol. The van der Waals surface area contributed by atoms with Crippen LogP contribution in [-0.2, 0) is 16.0 Å². The number of hydrogen-bond donors (Lipinski definition) is 1. The minimum absolute atomic E-state index is 0.0161. The standard InChI is InChI=1S/C19H26N2O2/c1-2-14-8-6-7-11-17(14)20-19(23)15-12-18(22)21(13-15)16-9-4-3-5-10-16/h6-8,11,15-16H,2-5,9-10,12-13H2,1H3,(H,20,23)/t15-/m0/s1. The van der Waals surface area contributed by atoms with Gasteiger partial charge >= 0.3 is 0 Å². The number of amides is 2. The van der Waals surface area contributed by atoms with Crippen molar-refractivity contribution in [1.82, 2.24) is 4.90 Å². The summed E-state index contributed by atoms with van der Waals surface area (Å²) in [7, 11) is 0. The van der Waals surface area contributed by atoms with E-state index in [1.54, 1.807) is 0 Å². The van der Waals surface area contributed by atoms with Crippen LogP contribution in [0.5, 0.6) is 0 Å². The molecule has 0 spiro atoms. The maximum absolute atomic E-state index is 12.6. The van der Waals surface area contributed by atoms with E-state index in [-0.39, 0.29) is 17.7 Å². The van der Waals surface area contributed by atoms with Crippen LogP contribution in [0.4, 0.5) is 5.69 Å². The summed E-state index contributed by atoms with van der Waals surface area (Å²) < 4.78 is 0. The average Bonchev–Trinajstić information content (AvgIpc) is 2.98. The first-order valence-electron chi connectivity index (χ1n) is 8.87. The molecule has 4 heteroatoms. The minimum Gasteiger partial charge on any atom is -0.339 e. The molecule has 1 heterocycles. The molecule has 0 unspecified atom stereocenters. The molecule has 124 valence electrons. The summed E-state index contributed by atoms with van der Waals surface area (Å²) in [4.78, 5) is 26.8. The highest BCUT2D eigenvalue weighted by molar-refractivity contribution is 5.97. The second-order valence-electron chi connectivity index (χ2n) is 6.74. The summed E-state index contributed by atoms with van der Waals surface area (Å²) in [6, 6.07) is 8.24. The number of nitrogens with one attached hydrogen (secondary N) is 1. The molecule has 3 rings (SSSR count). The molecule has 1 atom stereocenters. The fraction of sp³-hybridized carbons (Fsp3) is 0.579. The normalized spacial score (nSPS) is 22.4. The summed E-state index contributed by atoms with van der Waals surface area (Å²) in [6.07, 6.45) is 7.11. The van der Waals surface area contributed by atoms with Crippen molar-refractivity contribution in [3.63, 3.8) is 0 Å². The summed E-state index contributed by atoms with van der Waals surface area (Å²) in [6.45, 7) is 2.67. The Bertz CT molecular complexity index is 578. The van der Waals surface area contributed by atoms with E-state index in [4.69, 9.17) is 0 Å². The van der Waals surface area contributed by atoms with Gasteiger partial charge in [0.25, 0.3) is 0 Å². The fourth-order valence-electron chi connectivity index (χ4n) is 3.84. The Morgan fingerprint density at radius 2 is 1.96 bits per heavy atom. The number of nitrogens with zero attached hydrogens (tertiary/aromatic N) is 1. The van der Waals surface area contributed by atoms with Gasteiger partial charge in [-0.2, -0.15) is 0 Å². The first-order valence-corrected chi connectivity index (χ1v) is 8.87. The number of aryl methyl sites for hydroxylation is 1. The second kappa shape index (κ2) is 7.16. The zero-order valence-corrected chi connectivity index (χ0v) is 13.9. The van der Waals surface area contributed by atoms with Gasteiger partial charge in [-0.1, -0.05) is 44.4 Å². The van der Waals surface area contributed by atoms with Crippen molar-refractivity contribution in [3.8, 4) is 0 Å². The van der Waals surface area contributed by atoms with Gasteiger partial charge in [-0.15, -0.1) is 0 Å². The van der Waals surface area contributed by atoms with E-state index < -0.39 is 0 Å². The van der Waals surface area contributed by atoms with Crippen molar-refractivity contribution >= 4 is 17.5 Å². The highest BCUT2D eigenvalue weighted by Crippen LogP contribution is 2.29. The summed E-state index contributed by atoms with van der Waals surface area (Å²) in [5.41, 5.74) is 2.01. The maximum atomic E-state index is 12.6. The van der Waals surface area contributed by atoms with Crippen molar-refractivity contribution in [2.45, 2.75) is 57.9 Å². The van der Waals surface area contributed by atoms with E-state index in [0.29, 0.717) is 19.0 Å². The van der Waals surface area contributed by atoms with E-state index in [1.165, 1.54) is 19.3 Å². The number of benzene rings is 1. The first kappa shape index (κ1) is 16.0. The molecule has 0 bridgehead atoms. The smallest absolute Gasteiger partial charge is 0.229 e. The van der Waals surface area contributed by atoms with Crippen molar-refractivity contribution in [2.24, 2.45) is 5.92 Å². The van der Waals surface area contributed by atoms with Crippen LogP contribution in [0.1, 0.15) is 51.0 Å². The van der Waals surface area contributed by atoms with Crippen molar-refractivity contribution in [3.05, 3.63) is 29.8 Å². The molecule has 2 aliphatic rings. The summed E-state index contributed by atoms with van der Waals surface area (Å²) >= 11 is 0. The highest BCUT2D eigenvalue weighted by atomic mass is 16.2. The molecule has 1 saturated heterocycles. The lowest BCUT2D eigenvalue weighted by atomic mass is 9.94. The third-order valence-electron chi connectivity index (χ3n) is 5.20. The molecular weight excluding hydrogens is 288 g/mol. The molecule has 0 radical (unpaired) electrons. The van der Waals surface area contributed by atoms with Gasteiger partial charge in [-0.05, 0) is 30.9 Å².